The average molecular weight is 445 g/mol. The van der Waals surface area contributed by atoms with Crippen molar-refractivity contribution in [3.63, 3.8) is 0 Å². The van der Waals surface area contributed by atoms with Crippen LogP contribution in [0.15, 0.2) is 30.3 Å². The second-order valence-electron chi connectivity index (χ2n) is 7.03. The molecule has 1 heterocycles. The fraction of sp³-hybridized carbons (Fsp3) is 0.458. The van der Waals surface area contributed by atoms with Crippen molar-refractivity contribution in [1.82, 2.24) is 0 Å². The zero-order valence-corrected chi connectivity index (χ0v) is 19.2. The summed E-state index contributed by atoms with van der Waals surface area (Å²) < 4.78 is 28.2. The van der Waals surface area contributed by atoms with E-state index in [1.807, 2.05) is 32.9 Å². The smallest absolute Gasteiger partial charge is 0.255 e. The van der Waals surface area contributed by atoms with E-state index in [0.717, 1.165) is 18.8 Å². The summed E-state index contributed by atoms with van der Waals surface area (Å²) in [5.41, 5.74) is 1.92. The van der Waals surface area contributed by atoms with Crippen molar-refractivity contribution < 1.29 is 28.5 Å². The van der Waals surface area contributed by atoms with E-state index in [2.05, 4.69) is 10.2 Å². The van der Waals surface area contributed by atoms with Crippen molar-refractivity contribution in [2.75, 3.05) is 63.5 Å². The lowest BCUT2D eigenvalue weighted by molar-refractivity contribution is 0.102. The van der Waals surface area contributed by atoms with Gasteiger partial charge in [0.15, 0.2) is 11.5 Å². The lowest BCUT2D eigenvalue weighted by Crippen LogP contribution is -2.36. The number of ether oxygens (including phenoxy) is 5. The van der Waals surface area contributed by atoms with Gasteiger partial charge in [0.2, 0.25) is 0 Å². The molecular weight excluding hydrogens is 412 g/mol. The van der Waals surface area contributed by atoms with Crippen LogP contribution >= 0.6 is 0 Å². The van der Waals surface area contributed by atoms with Gasteiger partial charge in [-0.1, -0.05) is 0 Å². The lowest BCUT2D eigenvalue weighted by Gasteiger charge is -2.31. The molecule has 1 fully saturated rings. The molecule has 1 aliphatic heterocycles. The fourth-order valence-electron chi connectivity index (χ4n) is 3.52. The van der Waals surface area contributed by atoms with Crippen LogP contribution < -0.4 is 29.2 Å². The van der Waals surface area contributed by atoms with E-state index in [-0.39, 0.29) is 5.91 Å². The molecule has 0 aliphatic carbocycles. The Morgan fingerprint density at radius 2 is 1.56 bits per heavy atom. The zero-order chi connectivity index (χ0) is 22.9. The SMILES string of the molecule is CCOc1cc(N2CCOCC2)c(OCC)cc1NC(=O)c1ccc(OCC)c(OC)c1. The highest BCUT2D eigenvalue weighted by Gasteiger charge is 2.21. The van der Waals surface area contributed by atoms with Crippen molar-refractivity contribution in [1.29, 1.82) is 0 Å². The number of methoxy groups -OCH3 is 1. The maximum Gasteiger partial charge on any atom is 0.255 e. The summed E-state index contributed by atoms with van der Waals surface area (Å²) in [6.45, 7) is 10.1. The zero-order valence-electron chi connectivity index (χ0n) is 19.2. The molecule has 0 radical (unpaired) electrons. The number of benzene rings is 2. The molecule has 0 aromatic heterocycles. The molecule has 1 N–H and O–H groups in total. The third kappa shape index (κ3) is 5.56. The molecule has 0 spiro atoms. The molecule has 1 amide bonds. The molecule has 3 rings (SSSR count). The van der Waals surface area contributed by atoms with Gasteiger partial charge in [0.25, 0.3) is 5.91 Å². The van der Waals surface area contributed by atoms with Gasteiger partial charge in [0.1, 0.15) is 11.5 Å². The third-order valence-electron chi connectivity index (χ3n) is 4.99. The molecule has 2 aromatic rings. The highest BCUT2D eigenvalue weighted by Crippen LogP contribution is 2.39. The van der Waals surface area contributed by atoms with Gasteiger partial charge in [0, 0.05) is 30.8 Å². The van der Waals surface area contributed by atoms with Gasteiger partial charge in [-0.05, 0) is 39.0 Å². The minimum absolute atomic E-state index is 0.283. The van der Waals surface area contributed by atoms with Gasteiger partial charge >= 0.3 is 0 Å². The Labute approximate surface area is 189 Å². The Balaban J connectivity index is 1.92. The molecule has 32 heavy (non-hydrogen) atoms. The molecule has 1 aliphatic rings. The summed E-state index contributed by atoms with van der Waals surface area (Å²) in [6, 6.07) is 8.84. The summed E-state index contributed by atoms with van der Waals surface area (Å²) in [4.78, 5) is 15.2. The monoisotopic (exact) mass is 444 g/mol. The van der Waals surface area contributed by atoms with Gasteiger partial charge in [0.05, 0.1) is 51.5 Å². The molecule has 1 saturated heterocycles. The molecular formula is C24H32N2O6. The second-order valence-corrected chi connectivity index (χ2v) is 7.03. The van der Waals surface area contributed by atoms with Crippen LogP contribution in [0.3, 0.4) is 0 Å². The van der Waals surface area contributed by atoms with Crippen LogP contribution in [0.4, 0.5) is 11.4 Å². The van der Waals surface area contributed by atoms with E-state index in [4.69, 9.17) is 23.7 Å². The predicted molar refractivity (Wildman–Crippen MR) is 124 cm³/mol. The number of carbonyl (C=O) groups is 1. The van der Waals surface area contributed by atoms with E-state index in [1.165, 1.54) is 0 Å². The normalized spacial score (nSPS) is 13.4. The summed E-state index contributed by atoms with van der Waals surface area (Å²) in [5, 5.41) is 2.96. The fourth-order valence-corrected chi connectivity index (χ4v) is 3.52. The topological polar surface area (TPSA) is 78.5 Å². The summed E-state index contributed by atoms with van der Waals surface area (Å²) >= 11 is 0. The van der Waals surface area contributed by atoms with Gasteiger partial charge in [-0.3, -0.25) is 4.79 Å². The first kappa shape index (κ1) is 23.5. The molecule has 0 unspecified atom stereocenters. The molecule has 0 bridgehead atoms. The number of anilines is 2. The number of nitrogens with one attached hydrogen (secondary N) is 1. The average Bonchev–Trinajstić information content (AvgIpc) is 2.81. The Bertz CT molecular complexity index is 912. The number of hydrogen-bond donors (Lipinski definition) is 1. The number of amides is 1. The molecule has 8 nitrogen and oxygen atoms in total. The quantitative estimate of drug-likeness (QED) is 0.594. The summed E-state index contributed by atoms with van der Waals surface area (Å²) in [6.07, 6.45) is 0. The van der Waals surface area contributed by atoms with E-state index in [1.54, 1.807) is 25.3 Å². The van der Waals surface area contributed by atoms with Gasteiger partial charge < -0.3 is 33.9 Å². The van der Waals surface area contributed by atoms with Crippen LogP contribution in [0.5, 0.6) is 23.0 Å². The van der Waals surface area contributed by atoms with Gasteiger partial charge in [-0.15, -0.1) is 0 Å². The van der Waals surface area contributed by atoms with Crippen molar-refractivity contribution in [3.05, 3.63) is 35.9 Å². The van der Waals surface area contributed by atoms with Crippen LogP contribution in [0.25, 0.3) is 0 Å². The van der Waals surface area contributed by atoms with Crippen LogP contribution in [-0.4, -0.2) is 59.1 Å². The van der Waals surface area contributed by atoms with Gasteiger partial charge in [-0.25, -0.2) is 0 Å². The van der Waals surface area contributed by atoms with E-state index < -0.39 is 0 Å². The van der Waals surface area contributed by atoms with Crippen LogP contribution in [0, 0.1) is 0 Å². The molecule has 174 valence electrons. The second kappa shape index (κ2) is 11.5. The summed E-state index contributed by atoms with van der Waals surface area (Å²) in [5.74, 6) is 2.09. The first-order valence-electron chi connectivity index (χ1n) is 11.0. The molecule has 0 saturated carbocycles. The predicted octanol–water partition coefficient (Wildman–Crippen LogP) is 3.98. The van der Waals surface area contributed by atoms with Crippen molar-refractivity contribution >= 4 is 17.3 Å². The van der Waals surface area contributed by atoms with Crippen molar-refractivity contribution in [3.8, 4) is 23.0 Å². The maximum absolute atomic E-state index is 13.0. The van der Waals surface area contributed by atoms with Crippen molar-refractivity contribution in [2.45, 2.75) is 20.8 Å². The number of carbonyl (C=O) groups excluding carboxylic acids is 1. The highest BCUT2D eigenvalue weighted by molar-refractivity contribution is 6.05. The Morgan fingerprint density at radius 3 is 2.22 bits per heavy atom. The standard InChI is InChI=1S/C24H32N2O6/c1-5-30-20-9-8-17(14-23(20)28-4)24(27)25-18-15-22(32-7-3)19(16-21(18)31-6-2)26-10-12-29-13-11-26/h8-9,14-16H,5-7,10-13H2,1-4H3,(H,25,27). The van der Waals surface area contributed by atoms with Crippen molar-refractivity contribution in [2.24, 2.45) is 0 Å². The molecule has 8 heteroatoms. The Hall–Kier alpha value is -3.13. The van der Waals surface area contributed by atoms with Crippen LogP contribution in [0.2, 0.25) is 0 Å². The number of nitrogens with zero attached hydrogens (tertiary/aromatic N) is 1. The number of rotatable bonds is 10. The Kier molecular flexibility index (Phi) is 8.44. The first-order chi connectivity index (χ1) is 15.6. The number of morpholine rings is 1. The number of hydrogen-bond acceptors (Lipinski definition) is 7. The first-order valence-corrected chi connectivity index (χ1v) is 11.0. The molecule has 0 atom stereocenters. The van der Waals surface area contributed by atoms with E-state index in [9.17, 15) is 4.79 Å². The lowest BCUT2D eigenvalue weighted by atomic mass is 10.1. The van der Waals surface area contributed by atoms with Crippen LogP contribution in [0.1, 0.15) is 31.1 Å². The largest absolute Gasteiger partial charge is 0.493 e. The van der Waals surface area contributed by atoms with Crippen LogP contribution in [-0.2, 0) is 4.74 Å². The maximum atomic E-state index is 13.0. The third-order valence-corrected chi connectivity index (χ3v) is 4.99. The van der Waals surface area contributed by atoms with Gasteiger partial charge in [-0.2, -0.15) is 0 Å². The van der Waals surface area contributed by atoms with E-state index >= 15 is 0 Å². The van der Waals surface area contributed by atoms with E-state index in [0.29, 0.717) is 67.3 Å². The summed E-state index contributed by atoms with van der Waals surface area (Å²) in [7, 11) is 1.55. The Morgan fingerprint density at radius 1 is 0.906 bits per heavy atom. The highest BCUT2D eigenvalue weighted by atomic mass is 16.5. The minimum Gasteiger partial charge on any atom is -0.493 e. The minimum atomic E-state index is -0.283. The molecule has 2 aromatic carbocycles.